The van der Waals surface area contributed by atoms with Crippen LogP contribution in [-0.2, 0) is 6.42 Å². The maximum Gasteiger partial charge on any atom is 0.131 e. The molecular weight excluding hydrogens is 534 g/mol. The fraction of sp³-hybridized carbons (Fsp3) is 0.244. The van der Waals surface area contributed by atoms with E-state index in [1.807, 2.05) is 37.3 Å². The minimum absolute atomic E-state index is 0.00667. The Morgan fingerprint density at radius 1 is 0.977 bits per heavy atom. The molecule has 3 unspecified atom stereocenters. The van der Waals surface area contributed by atoms with Crippen LogP contribution in [0.1, 0.15) is 73.8 Å². The van der Waals surface area contributed by atoms with Gasteiger partial charge in [-0.3, -0.25) is 0 Å². The highest BCUT2D eigenvalue weighted by molar-refractivity contribution is 6.00. The predicted octanol–water partition coefficient (Wildman–Crippen LogP) is 9.59. The van der Waals surface area contributed by atoms with Crippen LogP contribution >= 0.6 is 0 Å². The van der Waals surface area contributed by atoms with Crippen LogP contribution in [0.2, 0.25) is 0 Å². The number of fused-ring (bicyclic) bond motifs is 1. The first-order valence-electron chi connectivity index (χ1n) is 15.8. The molecule has 224 valence electrons. The lowest BCUT2D eigenvalue weighted by molar-refractivity contribution is 0.644. The molecule has 44 heavy (non-hydrogen) atoms. The van der Waals surface area contributed by atoms with Crippen molar-refractivity contribution in [2.75, 3.05) is 0 Å². The summed E-state index contributed by atoms with van der Waals surface area (Å²) < 4.78 is 0. The summed E-state index contributed by atoms with van der Waals surface area (Å²) >= 11 is 0. The van der Waals surface area contributed by atoms with Crippen molar-refractivity contribution in [1.29, 1.82) is 0 Å². The van der Waals surface area contributed by atoms with Crippen LogP contribution in [0, 0.1) is 5.92 Å². The highest BCUT2D eigenvalue weighted by Crippen LogP contribution is 2.42. The predicted molar refractivity (Wildman–Crippen MR) is 191 cm³/mol. The summed E-state index contributed by atoms with van der Waals surface area (Å²) in [4.78, 5) is 5.14. The second-order valence-corrected chi connectivity index (χ2v) is 11.7. The zero-order chi connectivity index (χ0) is 31.1. The van der Waals surface area contributed by atoms with Gasteiger partial charge in [0.25, 0.3) is 0 Å². The van der Waals surface area contributed by atoms with E-state index in [0.29, 0.717) is 5.84 Å². The maximum atomic E-state index is 6.72. The lowest BCUT2D eigenvalue weighted by Crippen LogP contribution is -2.32. The van der Waals surface area contributed by atoms with E-state index in [4.69, 9.17) is 16.5 Å². The molecule has 0 saturated carbocycles. The van der Waals surface area contributed by atoms with E-state index in [-0.39, 0.29) is 17.9 Å². The van der Waals surface area contributed by atoms with E-state index in [9.17, 15) is 0 Å². The van der Waals surface area contributed by atoms with Crippen molar-refractivity contribution in [1.82, 2.24) is 0 Å². The molecule has 0 heterocycles. The van der Waals surface area contributed by atoms with Crippen molar-refractivity contribution >= 4 is 23.2 Å². The van der Waals surface area contributed by atoms with Crippen molar-refractivity contribution in [3.8, 4) is 0 Å². The molecule has 3 aliphatic carbocycles. The molecule has 0 aromatic heterocycles. The number of benzene rings is 2. The third-order valence-corrected chi connectivity index (χ3v) is 9.01. The zero-order valence-corrected chi connectivity index (χ0v) is 26.3. The van der Waals surface area contributed by atoms with Crippen molar-refractivity contribution in [2.45, 2.75) is 58.4 Å². The van der Waals surface area contributed by atoms with E-state index < -0.39 is 0 Å². The number of amidine groups is 1. The van der Waals surface area contributed by atoms with Gasteiger partial charge in [-0.25, -0.2) is 4.99 Å². The summed E-state index contributed by atoms with van der Waals surface area (Å²) in [6.07, 6.45) is 31.9. The SMILES string of the molecule is C=C/C(=C\C=C/C)c1ccc(C(N)=Nc2c(C(C)C3=CC=C(C4=CC=CC(/C=C\C)C4N)CC3)ccc3c2C=CCC3)cc1. The lowest BCUT2D eigenvalue weighted by Gasteiger charge is -2.29. The Morgan fingerprint density at radius 2 is 1.77 bits per heavy atom. The smallest absolute Gasteiger partial charge is 0.131 e. The largest absolute Gasteiger partial charge is 0.383 e. The molecule has 2 aromatic carbocycles. The molecule has 0 radical (unpaired) electrons. The lowest BCUT2D eigenvalue weighted by atomic mass is 9.78. The molecule has 0 aliphatic heterocycles. The van der Waals surface area contributed by atoms with Gasteiger partial charge >= 0.3 is 0 Å². The Morgan fingerprint density at radius 3 is 2.48 bits per heavy atom. The topological polar surface area (TPSA) is 64.4 Å². The Hall–Kier alpha value is -4.47. The summed E-state index contributed by atoms with van der Waals surface area (Å²) in [6, 6.07) is 12.8. The summed E-state index contributed by atoms with van der Waals surface area (Å²) in [5, 5.41) is 0. The molecule has 3 heteroatoms. The van der Waals surface area contributed by atoms with Crippen LogP contribution in [0.25, 0.3) is 11.6 Å². The van der Waals surface area contributed by atoms with Crippen LogP contribution in [0.4, 0.5) is 5.69 Å². The number of aliphatic imine (C=N–C) groups is 1. The monoisotopic (exact) mass is 579 g/mol. The first-order chi connectivity index (χ1) is 21.4. The van der Waals surface area contributed by atoms with Crippen molar-refractivity contribution in [2.24, 2.45) is 22.4 Å². The summed E-state index contributed by atoms with van der Waals surface area (Å²) in [5.74, 6) is 0.977. The minimum Gasteiger partial charge on any atom is -0.383 e. The van der Waals surface area contributed by atoms with Gasteiger partial charge in [0.15, 0.2) is 0 Å². The van der Waals surface area contributed by atoms with Crippen LogP contribution in [0.5, 0.6) is 0 Å². The molecule has 2 aromatic rings. The molecule has 0 saturated heterocycles. The molecular formula is C41H45N3. The molecule has 4 N–H and O–H groups in total. The highest BCUT2D eigenvalue weighted by Gasteiger charge is 2.25. The summed E-state index contributed by atoms with van der Waals surface area (Å²) in [5.41, 5.74) is 25.2. The number of aryl methyl sites for hydroxylation is 1. The average molecular weight is 580 g/mol. The maximum absolute atomic E-state index is 6.72. The van der Waals surface area contributed by atoms with E-state index in [1.165, 1.54) is 33.4 Å². The van der Waals surface area contributed by atoms with Gasteiger partial charge < -0.3 is 11.5 Å². The van der Waals surface area contributed by atoms with Gasteiger partial charge in [0.2, 0.25) is 0 Å². The first-order valence-corrected chi connectivity index (χ1v) is 15.8. The zero-order valence-electron chi connectivity index (χ0n) is 26.3. The van der Waals surface area contributed by atoms with Crippen LogP contribution in [0.15, 0.2) is 138 Å². The van der Waals surface area contributed by atoms with Gasteiger partial charge in [-0.1, -0.05) is 134 Å². The molecule has 5 rings (SSSR count). The van der Waals surface area contributed by atoms with Gasteiger partial charge in [0, 0.05) is 29.0 Å². The van der Waals surface area contributed by atoms with E-state index in [1.54, 1.807) is 0 Å². The number of hydrogen-bond acceptors (Lipinski definition) is 2. The van der Waals surface area contributed by atoms with E-state index in [0.717, 1.165) is 48.1 Å². The number of hydrogen-bond donors (Lipinski definition) is 2. The van der Waals surface area contributed by atoms with E-state index in [2.05, 4.69) is 105 Å². The highest BCUT2D eigenvalue weighted by atomic mass is 14.9. The Labute approximate surface area is 263 Å². The van der Waals surface area contributed by atoms with Crippen LogP contribution < -0.4 is 11.5 Å². The number of nitrogens with zero attached hydrogens (tertiary/aromatic N) is 1. The molecule has 0 amide bonds. The van der Waals surface area contributed by atoms with Crippen molar-refractivity contribution in [3.05, 3.63) is 160 Å². The Kier molecular flexibility index (Phi) is 10.1. The van der Waals surface area contributed by atoms with Gasteiger partial charge in [0.05, 0.1) is 5.69 Å². The molecule has 3 aliphatic rings. The fourth-order valence-electron chi connectivity index (χ4n) is 6.39. The minimum atomic E-state index is -0.00667. The normalized spacial score (nSPS) is 21.2. The third kappa shape index (κ3) is 6.69. The second kappa shape index (κ2) is 14.3. The van der Waals surface area contributed by atoms with E-state index >= 15 is 0 Å². The fourth-order valence-corrected chi connectivity index (χ4v) is 6.39. The standard InChI is InChI=1S/C41H45N3/c1-5-8-13-29(7-3)31-20-24-35(25-21-31)41(43)44-40-36(27-26-32-14-9-10-16-38(32)40)28(4)30-18-22-33(23-19-30)37-17-11-15-34(12-6-2)39(37)42/h5-8,10-13,15-18,20-22,24-28,34,39H,3,9,14,19,23,42H2,1-2,4H3,(H2,43,44)/b8-5-,12-6-,29-13+. The van der Waals surface area contributed by atoms with Gasteiger partial charge in [-0.15, -0.1) is 0 Å². The molecule has 0 fully saturated rings. The van der Waals surface area contributed by atoms with Crippen molar-refractivity contribution in [3.63, 3.8) is 0 Å². The van der Waals surface area contributed by atoms with Crippen LogP contribution in [0.3, 0.4) is 0 Å². The Balaban J connectivity index is 1.47. The number of allylic oxidation sites excluding steroid dienone is 12. The number of nitrogens with two attached hydrogens (primary N) is 2. The van der Waals surface area contributed by atoms with Gasteiger partial charge in [-0.05, 0) is 72.9 Å². The van der Waals surface area contributed by atoms with Crippen LogP contribution in [-0.4, -0.2) is 11.9 Å². The molecule has 0 bridgehead atoms. The number of rotatable bonds is 9. The van der Waals surface area contributed by atoms with Gasteiger partial charge in [-0.2, -0.15) is 0 Å². The third-order valence-electron chi connectivity index (χ3n) is 9.01. The first kappa shape index (κ1) is 31.0. The molecule has 3 nitrogen and oxygen atoms in total. The van der Waals surface area contributed by atoms with Gasteiger partial charge in [0.1, 0.15) is 5.84 Å². The Bertz CT molecular complexity index is 1660. The second-order valence-electron chi connectivity index (χ2n) is 11.7. The average Bonchev–Trinajstić information content (AvgIpc) is 3.06. The molecule has 3 atom stereocenters. The van der Waals surface area contributed by atoms with Crippen molar-refractivity contribution < 1.29 is 0 Å². The quantitative estimate of drug-likeness (QED) is 0.134. The summed E-state index contributed by atoms with van der Waals surface area (Å²) in [6.45, 7) is 10.3. The summed E-state index contributed by atoms with van der Waals surface area (Å²) in [7, 11) is 0. The molecule has 0 spiro atoms.